The number of hydrogen-bond donors (Lipinski definition) is 0. The van der Waals surface area contributed by atoms with Crippen LogP contribution in [0.3, 0.4) is 0 Å². The molecule has 0 amide bonds. The van der Waals surface area contributed by atoms with E-state index in [1.54, 1.807) is 6.08 Å². The molecular weight excluding hydrogens is 167 g/mol. The van der Waals surface area contributed by atoms with Crippen LogP contribution < -0.4 is 0 Å². The Morgan fingerprint density at radius 2 is 2.14 bits per heavy atom. The normalized spacial score (nSPS) is 6.14. The Balaban J connectivity index is 0. The van der Waals surface area contributed by atoms with E-state index in [1.165, 1.54) is 0 Å². The molecule has 0 spiro atoms. The summed E-state index contributed by atoms with van der Waals surface area (Å²) in [4.78, 5) is 0. The molecule has 0 saturated heterocycles. The van der Waals surface area contributed by atoms with Gasteiger partial charge in [-0.15, -0.1) is 0 Å². The van der Waals surface area contributed by atoms with Crippen LogP contribution in [-0.2, 0) is 27.5 Å². The van der Waals surface area contributed by atoms with Gasteiger partial charge < -0.3 is 13.5 Å². The second-order valence-electron chi connectivity index (χ2n) is 0.878. The van der Waals surface area contributed by atoms with Gasteiger partial charge in [0.15, 0.2) is 0 Å². The van der Waals surface area contributed by atoms with Crippen LogP contribution in [0.4, 0.5) is 0 Å². The molecule has 0 rings (SSSR count). The average molecular weight is 175 g/mol. The Labute approximate surface area is 60.1 Å². The summed E-state index contributed by atoms with van der Waals surface area (Å²) in [6.45, 7) is 8.54. The summed E-state index contributed by atoms with van der Waals surface area (Å²) in [7, 11) is 0. The molecule has 7 heavy (non-hydrogen) atoms. The Kier molecular flexibility index (Phi) is 24.0. The van der Waals surface area contributed by atoms with E-state index in [0.717, 1.165) is 12.8 Å². The molecule has 1 nitrogen and oxygen atoms in total. The Morgan fingerprint density at radius 3 is 2.14 bits per heavy atom. The average Bonchev–Trinajstić information content (AvgIpc) is 1.75. The molecule has 0 heterocycles. The van der Waals surface area contributed by atoms with Crippen LogP contribution in [0.1, 0.15) is 12.8 Å². The van der Waals surface area contributed by atoms with Crippen molar-refractivity contribution in [3.63, 3.8) is 0 Å². The van der Waals surface area contributed by atoms with Gasteiger partial charge in [-0.2, -0.15) is 6.42 Å². The summed E-state index contributed by atoms with van der Waals surface area (Å²) in [6.07, 6.45) is 3.46. The molecule has 38 valence electrons. The van der Waals surface area contributed by atoms with Gasteiger partial charge in [-0.05, 0) is 0 Å². The summed E-state index contributed by atoms with van der Waals surface area (Å²) in [6, 6.07) is 0. The van der Waals surface area contributed by atoms with Crippen molar-refractivity contribution in [1.29, 1.82) is 0 Å². The molecule has 0 radical (unpaired) electrons. The van der Waals surface area contributed by atoms with Crippen LogP contribution in [0, 0.1) is 13.5 Å². The molecule has 0 atom stereocenters. The zero-order chi connectivity index (χ0) is 6.12. The first kappa shape index (κ1) is 10.4. The minimum absolute atomic E-state index is 0.300. The second kappa shape index (κ2) is 16.1. The predicted octanol–water partition coefficient (Wildman–Crippen LogP) is 1.47. The molecule has 0 aliphatic heterocycles. The molecule has 0 aromatic carbocycles. The topological polar surface area (TPSA) is 17.1 Å². The van der Waals surface area contributed by atoms with Gasteiger partial charge in [-0.25, -0.2) is 0 Å². The SMILES string of the molecule is [CH-]=CCC[CH2-].[O]=[Zr+2]. The van der Waals surface area contributed by atoms with Crippen LogP contribution in [0.15, 0.2) is 6.08 Å². The number of rotatable bonds is 2. The first-order chi connectivity index (χ1) is 3.41. The fraction of sp³-hybridized carbons (Fsp3) is 0.400. The zero-order valence-corrected chi connectivity index (χ0v) is 6.64. The fourth-order valence-corrected chi connectivity index (χ4v) is 0.118. The van der Waals surface area contributed by atoms with E-state index >= 15 is 0 Å². The van der Waals surface area contributed by atoms with E-state index < -0.39 is 0 Å². The summed E-state index contributed by atoms with van der Waals surface area (Å²) < 4.78 is 8.34. The van der Waals surface area contributed by atoms with Crippen LogP contribution in [0.25, 0.3) is 0 Å². The van der Waals surface area contributed by atoms with Gasteiger partial charge in [0.2, 0.25) is 0 Å². The summed E-state index contributed by atoms with van der Waals surface area (Å²) >= 11 is 0.300. The predicted molar refractivity (Wildman–Crippen MR) is 24.1 cm³/mol. The number of unbranched alkanes of at least 4 members (excludes halogenated alkanes) is 1. The van der Waals surface area contributed by atoms with Gasteiger partial charge in [0.05, 0.1) is 0 Å². The summed E-state index contributed by atoms with van der Waals surface area (Å²) in [5.74, 6) is 0. The third kappa shape index (κ3) is 21.4. The molecule has 0 N–H and O–H groups in total. The van der Waals surface area contributed by atoms with Crippen LogP contribution in [-0.4, -0.2) is 0 Å². The molecule has 0 fully saturated rings. The van der Waals surface area contributed by atoms with Crippen molar-refractivity contribution in [2.24, 2.45) is 0 Å². The van der Waals surface area contributed by atoms with Crippen molar-refractivity contribution in [2.45, 2.75) is 12.8 Å². The number of hydrogen-bond acceptors (Lipinski definition) is 1. The van der Waals surface area contributed by atoms with Crippen molar-refractivity contribution < 1.29 is 27.5 Å². The van der Waals surface area contributed by atoms with E-state index in [-0.39, 0.29) is 0 Å². The van der Waals surface area contributed by atoms with E-state index in [4.69, 9.17) is 9.39 Å². The molecule has 2 heteroatoms. The molecule has 0 aromatic heterocycles. The molecule has 0 saturated carbocycles. The Bertz CT molecular complexity index is 37.1. The molecule has 0 aromatic rings. The van der Waals surface area contributed by atoms with Crippen LogP contribution in [0.5, 0.6) is 0 Å². The van der Waals surface area contributed by atoms with E-state index in [2.05, 4.69) is 6.92 Å². The molecule has 0 aliphatic rings. The van der Waals surface area contributed by atoms with Crippen LogP contribution in [0.2, 0.25) is 0 Å². The van der Waals surface area contributed by atoms with Gasteiger partial charge in [0, 0.05) is 0 Å². The number of allylic oxidation sites excluding steroid dienone is 1. The van der Waals surface area contributed by atoms with Gasteiger partial charge >= 0.3 is 27.5 Å². The van der Waals surface area contributed by atoms with Crippen molar-refractivity contribution in [1.82, 2.24) is 0 Å². The van der Waals surface area contributed by atoms with Crippen molar-refractivity contribution >= 4 is 0 Å². The van der Waals surface area contributed by atoms with Gasteiger partial charge in [-0.1, -0.05) is 6.42 Å². The Hall–Kier alpha value is 0.423. The standard InChI is InChI=1S/C5H8.O.Zr/c1-3-5-4-2;;/h1,3H,2,4-5H2;;/q-2;;+2. The monoisotopic (exact) mass is 174 g/mol. The first-order valence-electron chi connectivity index (χ1n) is 1.95. The summed E-state index contributed by atoms with van der Waals surface area (Å²) in [5, 5.41) is 0. The van der Waals surface area contributed by atoms with Crippen LogP contribution >= 0.6 is 0 Å². The molecule has 0 aliphatic carbocycles. The first-order valence-corrected chi connectivity index (χ1v) is 2.95. The van der Waals surface area contributed by atoms with Gasteiger partial charge in [0.1, 0.15) is 0 Å². The van der Waals surface area contributed by atoms with Gasteiger partial charge in [0.25, 0.3) is 0 Å². The van der Waals surface area contributed by atoms with E-state index in [9.17, 15) is 0 Å². The third-order valence-electron chi connectivity index (χ3n) is 0.371. The minimum atomic E-state index is 0.300. The Morgan fingerprint density at radius 1 is 1.71 bits per heavy atom. The van der Waals surface area contributed by atoms with E-state index in [1.807, 2.05) is 0 Å². The summed E-state index contributed by atoms with van der Waals surface area (Å²) in [5.41, 5.74) is 0. The quantitative estimate of drug-likeness (QED) is 0.581. The van der Waals surface area contributed by atoms with Crippen molar-refractivity contribution in [2.75, 3.05) is 0 Å². The fourth-order valence-electron chi connectivity index (χ4n) is 0.118. The zero-order valence-electron chi connectivity index (χ0n) is 4.18. The maximum absolute atomic E-state index is 8.34. The third-order valence-corrected chi connectivity index (χ3v) is 0.371. The molecule has 0 unspecified atom stereocenters. The maximum atomic E-state index is 8.34. The van der Waals surface area contributed by atoms with Crippen molar-refractivity contribution in [3.05, 3.63) is 19.6 Å². The molecular formula is C5H8OZr. The van der Waals surface area contributed by atoms with Gasteiger partial charge in [-0.3, -0.25) is 6.08 Å². The van der Waals surface area contributed by atoms with E-state index in [0.29, 0.717) is 24.7 Å². The van der Waals surface area contributed by atoms with Crippen molar-refractivity contribution in [3.8, 4) is 0 Å². The second-order valence-corrected chi connectivity index (χ2v) is 0.878. The molecule has 0 bridgehead atoms.